The van der Waals surface area contributed by atoms with Crippen LogP contribution in [0, 0.1) is 11.6 Å². The molecule has 28 heavy (non-hydrogen) atoms. The second kappa shape index (κ2) is 9.07. The Balaban J connectivity index is 2.17. The average molecular weight is 452 g/mol. The zero-order valence-electron chi connectivity index (χ0n) is 14.9. The summed E-state index contributed by atoms with van der Waals surface area (Å²) >= 11 is 11.6. The van der Waals surface area contributed by atoms with E-state index in [1.165, 1.54) is 25.1 Å². The smallest absolute Gasteiger partial charge is 0.267 e. The standard InChI is InChI=1S/C18H17Cl2F2NO4S/c1-3-10(2)28(25,26)23-18(24)13-8-16(21)11(6-17(13)22)9-27-12-4-5-14(19)15(20)7-12/h4-8,10H,3,9H2,1-2H3,(H,23,24). The third-order valence-electron chi connectivity index (χ3n) is 4.01. The first-order valence-electron chi connectivity index (χ1n) is 8.17. The first kappa shape index (κ1) is 22.4. The molecule has 0 aromatic heterocycles. The summed E-state index contributed by atoms with van der Waals surface area (Å²) in [6.45, 7) is 2.68. The summed E-state index contributed by atoms with van der Waals surface area (Å²) < 4.78 is 59.5. The van der Waals surface area contributed by atoms with Crippen molar-refractivity contribution in [2.75, 3.05) is 0 Å². The van der Waals surface area contributed by atoms with E-state index >= 15 is 0 Å². The van der Waals surface area contributed by atoms with Gasteiger partial charge in [0, 0.05) is 11.6 Å². The van der Waals surface area contributed by atoms with Gasteiger partial charge in [-0.2, -0.15) is 0 Å². The number of rotatable bonds is 7. The molecule has 0 aliphatic rings. The van der Waals surface area contributed by atoms with Crippen LogP contribution >= 0.6 is 23.2 Å². The van der Waals surface area contributed by atoms with Crippen LogP contribution in [0.2, 0.25) is 10.0 Å². The Morgan fingerprint density at radius 2 is 1.82 bits per heavy atom. The van der Waals surface area contributed by atoms with Crippen LogP contribution in [-0.2, 0) is 16.6 Å². The van der Waals surface area contributed by atoms with Crippen LogP contribution in [0.1, 0.15) is 36.2 Å². The van der Waals surface area contributed by atoms with Gasteiger partial charge in [0.1, 0.15) is 24.0 Å². The Morgan fingerprint density at radius 3 is 2.43 bits per heavy atom. The zero-order chi connectivity index (χ0) is 21.1. The largest absolute Gasteiger partial charge is 0.489 e. The van der Waals surface area contributed by atoms with Gasteiger partial charge in [0.25, 0.3) is 5.91 Å². The molecular formula is C18H17Cl2F2NO4S. The molecule has 0 saturated carbocycles. The van der Waals surface area contributed by atoms with Gasteiger partial charge in [0.15, 0.2) is 0 Å². The summed E-state index contributed by atoms with van der Waals surface area (Å²) in [5, 5.41) is -0.308. The molecule has 0 aliphatic heterocycles. The predicted octanol–water partition coefficient (Wildman–Crippen LogP) is 4.71. The fraction of sp³-hybridized carbons (Fsp3) is 0.278. The van der Waals surface area contributed by atoms with Crippen molar-refractivity contribution in [1.82, 2.24) is 4.72 Å². The second-order valence-electron chi connectivity index (χ2n) is 5.98. The van der Waals surface area contributed by atoms with Crippen molar-refractivity contribution in [3.8, 4) is 5.75 Å². The molecule has 152 valence electrons. The molecule has 0 spiro atoms. The Hall–Kier alpha value is -1.90. The predicted molar refractivity (Wildman–Crippen MR) is 103 cm³/mol. The molecule has 1 amide bonds. The number of carbonyl (C=O) groups is 1. The van der Waals surface area contributed by atoms with E-state index < -0.39 is 38.4 Å². The summed E-state index contributed by atoms with van der Waals surface area (Å²) in [5.41, 5.74) is -0.882. The van der Waals surface area contributed by atoms with Gasteiger partial charge >= 0.3 is 0 Å². The first-order valence-corrected chi connectivity index (χ1v) is 10.5. The average Bonchev–Trinajstić information content (AvgIpc) is 2.63. The molecule has 5 nitrogen and oxygen atoms in total. The van der Waals surface area contributed by atoms with E-state index in [1.54, 1.807) is 11.6 Å². The highest BCUT2D eigenvalue weighted by atomic mass is 35.5. The highest BCUT2D eigenvalue weighted by Crippen LogP contribution is 2.27. The molecule has 0 saturated heterocycles. The maximum absolute atomic E-state index is 14.3. The number of benzene rings is 2. The first-order chi connectivity index (χ1) is 13.0. The summed E-state index contributed by atoms with van der Waals surface area (Å²) in [5.74, 6) is -2.96. The Bertz CT molecular complexity index is 999. The third kappa shape index (κ3) is 5.33. The van der Waals surface area contributed by atoms with Gasteiger partial charge in [-0.15, -0.1) is 0 Å². The number of nitrogens with one attached hydrogen (secondary N) is 1. The molecule has 0 aliphatic carbocycles. The lowest BCUT2D eigenvalue weighted by atomic mass is 10.1. The normalized spacial score (nSPS) is 12.5. The highest BCUT2D eigenvalue weighted by Gasteiger charge is 2.25. The fourth-order valence-electron chi connectivity index (χ4n) is 2.10. The van der Waals surface area contributed by atoms with Crippen molar-refractivity contribution >= 4 is 39.1 Å². The molecule has 0 bridgehead atoms. The van der Waals surface area contributed by atoms with Crippen LogP contribution in [0.5, 0.6) is 5.75 Å². The van der Waals surface area contributed by atoms with E-state index in [-0.39, 0.29) is 29.4 Å². The number of hydrogen-bond donors (Lipinski definition) is 1. The molecule has 2 aromatic rings. The third-order valence-corrected chi connectivity index (χ3v) is 6.61. The number of amides is 1. The van der Waals surface area contributed by atoms with E-state index in [4.69, 9.17) is 27.9 Å². The monoisotopic (exact) mass is 451 g/mol. The SMILES string of the molecule is CCC(C)S(=O)(=O)NC(=O)c1cc(F)c(COc2ccc(Cl)c(Cl)c2)cc1F. The van der Waals surface area contributed by atoms with Crippen LogP contribution in [-0.4, -0.2) is 19.6 Å². The zero-order valence-corrected chi connectivity index (χ0v) is 17.3. The molecule has 0 fully saturated rings. The summed E-state index contributed by atoms with van der Waals surface area (Å²) in [6.07, 6.45) is 0.254. The van der Waals surface area contributed by atoms with E-state index in [1.807, 2.05) is 0 Å². The number of hydrogen-bond acceptors (Lipinski definition) is 4. The molecule has 1 atom stereocenters. The number of carbonyl (C=O) groups excluding carboxylic acids is 1. The maximum atomic E-state index is 14.3. The van der Waals surface area contributed by atoms with E-state index in [0.29, 0.717) is 11.1 Å². The van der Waals surface area contributed by atoms with Crippen LogP contribution in [0.25, 0.3) is 0 Å². The van der Waals surface area contributed by atoms with Crippen LogP contribution in [0.4, 0.5) is 8.78 Å². The lowest BCUT2D eigenvalue weighted by Gasteiger charge is -2.13. The van der Waals surface area contributed by atoms with Crippen LogP contribution in [0.3, 0.4) is 0 Å². The van der Waals surface area contributed by atoms with Gasteiger partial charge in [0.2, 0.25) is 10.0 Å². The molecule has 10 heteroatoms. The van der Waals surface area contributed by atoms with E-state index in [2.05, 4.69) is 0 Å². The van der Waals surface area contributed by atoms with Crippen molar-refractivity contribution in [3.05, 3.63) is 63.1 Å². The minimum Gasteiger partial charge on any atom is -0.489 e. The van der Waals surface area contributed by atoms with Crippen LogP contribution < -0.4 is 9.46 Å². The molecule has 0 heterocycles. The molecular weight excluding hydrogens is 435 g/mol. The van der Waals surface area contributed by atoms with Crippen molar-refractivity contribution in [2.45, 2.75) is 32.1 Å². The molecule has 1 N–H and O–H groups in total. The summed E-state index contributed by atoms with van der Waals surface area (Å²) in [7, 11) is -3.99. The molecule has 0 radical (unpaired) electrons. The van der Waals surface area contributed by atoms with Crippen LogP contribution in [0.15, 0.2) is 30.3 Å². The Labute approximate surface area is 171 Å². The highest BCUT2D eigenvalue weighted by molar-refractivity contribution is 7.90. The quantitative estimate of drug-likeness (QED) is 0.661. The van der Waals surface area contributed by atoms with Gasteiger partial charge < -0.3 is 4.74 Å². The Morgan fingerprint density at radius 1 is 1.14 bits per heavy atom. The van der Waals surface area contributed by atoms with Crippen molar-refractivity contribution in [3.63, 3.8) is 0 Å². The van der Waals surface area contributed by atoms with E-state index in [0.717, 1.165) is 6.07 Å². The summed E-state index contributed by atoms with van der Waals surface area (Å²) in [6, 6.07) is 5.81. The molecule has 1 unspecified atom stereocenters. The molecule has 2 rings (SSSR count). The number of sulfonamides is 1. The second-order valence-corrected chi connectivity index (χ2v) is 8.90. The summed E-state index contributed by atoms with van der Waals surface area (Å²) in [4.78, 5) is 12.1. The van der Waals surface area contributed by atoms with E-state index in [9.17, 15) is 22.0 Å². The lowest BCUT2D eigenvalue weighted by Crippen LogP contribution is -2.37. The van der Waals surface area contributed by atoms with Crippen molar-refractivity contribution in [1.29, 1.82) is 0 Å². The maximum Gasteiger partial charge on any atom is 0.267 e. The number of ether oxygens (including phenoxy) is 1. The van der Waals surface area contributed by atoms with Gasteiger partial charge in [-0.1, -0.05) is 30.1 Å². The van der Waals surface area contributed by atoms with Gasteiger partial charge in [-0.25, -0.2) is 21.9 Å². The molecule has 2 aromatic carbocycles. The van der Waals surface area contributed by atoms with Crippen molar-refractivity contribution < 1.29 is 26.7 Å². The fourth-order valence-corrected chi connectivity index (χ4v) is 3.40. The number of halogens is 4. The van der Waals surface area contributed by atoms with Crippen molar-refractivity contribution in [2.24, 2.45) is 0 Å². The minimum atomic E-state index is -3.99. The van der Waals surface area contributed by atoms with Gasteiger partial charge in [-0.3, -0.25) is 4.79 Å². The van der Waals surface area contributed by atoms with Gasteiger partial charge in [-0.05, 0) is 37.6 Å². The van der Waals surface area contributed by atoms with Gasteiger partial charge in [0.05, 0.1) is 20.9 Å². The topological polar surface area (TPSA) is 72.5 Å². The Kier molecular flexibility index (Phi) is 7.25. The lowest BCUT2D eigenvalue weighted by molar-refractivity contribution is 0.0976. The minimum absolute atomic E-state index is 0.162.